The van der Waals surface area contributed by atoms with Crippen LogP contribution >= 0.6 is 0 Å². The molecule has 0 aromatic carbocycles. The van der Waals surface area contributed by atoms with E-state index in [2.05, 4.69) is 37.5 Å². The molecule has 0 aliphatic carbocycles. The molecule has 0 atom stereocenters. The van der Waals surface area contributed by atoms with Crippen LogP contribution in [0.25, 0.3) is 0 Å². The summed E-state index contributed by atoms with van der Waals surface area (Å²) in [6.07, 6.45) is 5.66. The maximum Gasteiger partial charge on any atom is 0.00385 e. The Morgan fingerprint density at radius 3 is 0.800 bits per heavy atom. The van der Waals surface area contributed by atoms with Gasteiger partial charge in [0.2, 0.25) is 0 Å². The van der Waals surface area contributed by atoms with Gasteiger partial charge in [0, 0.05) is 12.1 Å². The lowest BCUT2D eigenvalue weighted by molar-refractivity contribution is 0.276. The van der Waals surface area contributed by atoms with Crippen molar-refractivity contribution < 1.29 is 0 Å². The molecular formula is C18H42N2. The lowest BCUT2D eigenvalue weighted by Gasteiger charge is -2.18. The van der Waals surface area contributed by atoms with E-state index in [9.17, 15) is 0 Å². The molecule has 2 saturated heterocycles. The third kappa shape index (κ3) is 10.7. The van der Waals surface area contributed by atoms with Crippen molar-refractivity contribution in [1.82, 2.24) is 9.80 Å². The van der Waals surface area contributed by atoms with E-state index in [1.54, 1.807) is 0 Å². The van der Waals surface area contributed by atoms with Crippen molar-refractivity contribution >= 4 is 0 Å². The third-order valence-corrected chi connectivity index (χ3v) is 3.74. The molecular weight excluding hydrogens is 244 g/mol. The zero-order valence-electron chi connectivity index (χ0n) is 15.7. The monoisotopic (exact) mass is 286 g/mol. The Kier molecular flexibility index (Phi) is 17.0. The highest BCUT2D eigenvalue weighted by atomic mass is 15.2. The maximum absolute atomic E-state index is 2.53. The fourth-order valence-corrected chi connectivity index (χ4v) is 2.52. The Morgan fingerprint density at radius 1 is 0.500 bits per heavy atom. The molecule has 0 aromatic rings. The summed E-state index contributed by atoms with van der Waals surface area (Å²) in [5.41, 5.74) is 0. The summed E-state index contributed by atoms with van der Waals surface area (Å²) in [6, 6.07) is 1.55. The quantitative estimate of drug-likeness (QED) is 0.702. The topological polar surface area (TPSA) is 6.48 Å². The van der Waals surface area contributed by atoms with Crippen molar-refractivity contribution in [2.75, 3.05) is 26.2 Å². The molecule has 2 aliphatic rings. The molecule has 124 valence electrons. The number of likely N-dealkylation sites (tertiary alicyclic amines) is 2. The van der Waals surface area contributed by atoms with Gasteiger partial charge in [-0.1, -0.05) is 27.7 Å². The lowest BCUT2D eigenvalue weighted by atomic mass is 10.3. The zero-order valence-corrected chi connectivity index (χ0v) is 15.7. The molecule has 0 amide bonds. The minimum absolute atomic E-state index is 0.775. The van der Waals surface area contributed by atoms with E-state index in [1.165, 1.54) is 51.9 Å². The predicted molar refractivity (Wildman–Crippen MR) is 94.6 cm³/mol. The van der Waals surface area contributed by atoms with Gasteiger partial charge >= 0.3 is 0 Å². The lowest BCUT2D eigenvalue weighted by Crippen LogP contribution is -2.26. The van der Waals surface area contributed by atoms with E-state index in [0.717, 1.165) is 12.1 Å². The predicted octanol–water partition coefficient (Wildman–Crippen LogP) is 5.03. The highest BCUT2D eigenvalue weighted by Gasteiger charge is 2.13. The van der Waals surface area contributed by atoms with Crippen molar-refractivity contribution in [3.63, 3.8) is 0 Å². The van der Waals surface area contributed by atoms with Crippen molar-refractivity contribution in [2.45, 2.75) is 93.2 Å². The van der Waals surface area contributed by atoms with Crippen LogP contribution in [0.5, 0.6) is 0 Å². The molecule has 0 radical (unpaired) electrons. The van der Waals surface area contributed by atoms with Crippen LogP contribution in [-0.4, -0.2) is 48.1 Å². The molecule has 2 fully saturated rings. The molecule has 2 heteroatoms. The minimum atomic E-state index is 0.775. The normalized spacial score (nSPS) is 18.9. The first kappa shape index (κ1) is 22.2. The summed E-state index contributed by atoms with van der Waals surface area (Å²) in [5.74, 6) is 0. The van der Waals surface area contributed by atoms with E-state index in [0.29, 0.717) is 0 Å². The van der Waals surface area contributed by atoms with Gasteiger partial charge < -0.3 is 9.80 Å². The van der Waals surface area contributed by atoms with Gasteiger partial charge in [-0.3, -0.25) is 0 Å². The standard InChI is InChI=1S/2C7H15N.2C2H6/c2*1-7(2)8-5-3-4-6-8;2*1-2/h2*7H,3-6H2,1-2H3;2*1-2H3. The van der Waals surface area contributed by atoms with Gasteiger partial charge in [-0.05, 0) is 79.6 Å². The second-order valence-corrected chi connectivity index (χ2v) is 5.67. The maximum atomic E-state index is 2.53. The van der Waals surface area contributed by atoms with E-state index in [1.807, 2.05) is 27.7 Å². The average molecular weight is 287 g/mol. The molecule has 0 unspecified atom stereocenters. The largest absolute Gasteiger partial charge is 0.301 e. The van der Waals surface area contributed by atoms with Crippen molar-refractivity contribution in [3.05, 3.63) is 0 Å². The van der Waals surface area contributed by atoms with E-state index < -0.39 is 0 Å². The highest BCUT2D eigenvalue weighted by Crippen LogP contribution is 2.10. The van der Waals surface area contributed by atoms with Crippen LogP contribution in [0, 0.1) is 0 Å². The number of rotatable bonds is 2. The first-order valence-electron chi connectivity index (χ1n) is 9.09. The number of hydrogen-bond acceptors (Lipinski definition) is 2. The van der Waals surface area contributed by atoms with E-state index >= 15 is 0 Å². The summed E-state index contributed by atoms with van der Waals surface area (Å²) >= 11 is 0. The molecule has 0 aromatic heterocycles. The average Bonchev–Trinajstić information content (AvgIpc) is 3.17. The molecule has 2 rings (SSSR count). The molecule has 0 spiro atoms. The van der Waals surface area contributed by atoms with Gasteiger partial charge in [0.1, 0.15) is 0 Å². The first-order valence-corrected chi connectivity index (χ1v) is 9.09. The smallest absolute Gasteiger partial charge is 0.00385 e. The third-order valence-electron chi connectivity index (χ3n) is 3.74. The number of hydrogen-bond donors (Lipinski definition) is 0. The zero-order chi connectivity index (χ0) is 16.0. The van der Waals surface area contributed by atoms with Crippen LogP contribution in [0.4, 0.5) is 0 Å². The van der Waals surface area contributed by atoms with E-state index in [4.69, 9.17) is 0 Å². The molecule has 2 aliphatic heterocycles. The second-order valence-electron chi connectivity index (χ2n) is 5.67. The van der Waals surface area contributed by atoms with Crippen LogP contribution in [0.1, 0.15) is 81.1 Å². The van der Waals surface area contributed by atoms with Crippen LogP contribution in [-0.2, 0) is 0 Å². The first-order chi connectivity index (χ1) is 9.61. The van der Waals surface area contributed by atoms with Crippen LogP contribution in [0.3, 0.4) is 0 Å². The van der Waals surface area contributed by atoms with Crippen LogP contribution in [0.15, 0.2) is 0 Å². The minimum Gasteiger partial charge on any atom is -0.301 e. The number of nitrogens with zero attached hydrogens (tertiary/aromatic N) is 2. The summed E-state index contributed by atoms with van der Waals surface area (Å²) in [4.78, 5) is 5.06. The Bertz CT molecular complexity index is 146. The fraction of sp³-hybridized carbons (Fsp3) is 1.00. The van der Waals surface area contributed by atoms with Gasteiger partial charge in [0.25, 0.3) is 0 Å². The molecule has 0 N–H and O–H groups in total. The Hall–Kier alpha value is -0.0800. The van der Waals surface area contributed by atoms with Gasteiger partial charge in [-0.15, -0.1) is 0 Å². The van der Waals surface area contributed by atoms with Gasteiger partial charge in [-0.25, -0.2) is 0 Å². The Morgan fingerprint density at radius 2 is 0.700 bits per heavy atom. The van der Waals surface area contributed by atoms with Crippen LogP contribution < -0.4 is 0 Å². The summed E-state index contributed by atoms with van der Waals surface area (Å²) < 4.78 is 0. The molecule has 2 nitrogen and oxygen atoms in total. The summed E-state index contributed by atoms with van der Waals surface area (Å²) in [6.45, 7) is 22.4. The highest BCUT2D eigenvalue weighted by molar-refractivity contribution is 4.69. The molecule has 0 saturated carbocycles. The summed E-state index contributed by atoms with van der Waals surface area (Å²) in [5, 5.41) is 0. The van der Waals surface area contributed by atoms with Gasteiger partial charge in [-0.2, -0.15) is 0 Å². The van der Waals surface area contributed by atoms with Gasteiger partial charge in [0.05, 0.1) is 0 Å². The molecule has 20 heavy (non-hydrogen) atoms. The summed E-state index contributed by atoms with van der Waals surface area (Å²) in [7, 11) is 0. The van der Waals surface area contributed by atoms with Crippen molar-refractivity contribution in [1.29, 1.82) is 0 Å². The van der Waals surface area contributed by atoms with Crippen molar-refractivity contribution in [2.24, 2.45) is 0 Å². The van der Waals surface area contributed by atoms with Crippen LogP contribution in [0.2, 0.25) is 0 Å². The van der Waals surface area contributed by atoms with Gasteiger partial charge in [0.15, 0.2) is 0 Å². The molecule has 0 bridgehead atoms. The SMILES string of the molecule is CC.CC.CC(C)N1CCCC1.CC(C)N1CCCC1. The Labute approximate surface area is 129 Å². The second kappa shape index (κ2) is 15.3. The Balaban J connectivity index is 0. The van der Waals surface area contributed by atoms with Crippen molar-refractivity contribution in [3.8, 4) is 0 Å². The molecule has 2 heterocycles. The van der Waals surface area contributed by atoms with E-state index in [-0.39, 0.29) is 0 Å². The fourth-order valence-electron chi connectivity index (χ4n) is 2.52.